The van der Waals surface area contributed by atoms with E-state index in [1.807, 2.05) is 0 Å². The largest absolute Gasteiger partial charge is 0.618 e. The van der Waals surface area contributed by atoms with Crippen LogP contribution in [0.3, 0.4) is 0 Å². The number of aromatic nitrogens is 1. The number of rotatable bonds is 5. The summed E-state index contributed by atoms with van der Waals surface area (Å²) in [6.07, 6.45) is 1.43. The lowest BCUT2D eigenvalue weighted by Crippen LogP contribution is -2.27. The van der Waals surface area contributed by atoms with Gasteiger partial charge in [-0.2, -0.15) is 13.5 Å². The van der Waals surface area contributed by atoms with Crippen molar-refractivity contribution in [2.24, 2.45) is 0 Å². The van der Waals surface area contributed by atoms with Gasteiger partial charge in [-0.3, -0.25) is 0 Å². The minimum Gasteiger partial charge on any atom is -0.618 e. The molecule has 0 aliphatic rings. The topological polar surface area (TPSA) is 36.2 Å². The van der Waals surface area contributed by atoms with Crippen molar-refractivity contribution in [1.82, 2.24) is 0 Å². The Morgan fingerprint density at radius 3 is 2.53 bits per heavy atom. The van der Waals surface area contributed by atoms with Crippen molar-refractivity contribution in [2.45, 2.75) is 17.4 Å². The molecule has 0 spiro atoms. The van der Waals surface area contributed by atoms with Crippen LogP contribution in [0.5, 0.6) is 5.75 Å². The van der Waals surface area contributed by atoms with Crippen LogP contribution < -0.4 is 9.47 Å². The maximum atomic E-state index is 12.0. The molecule has 0 bridgehead atoms. The van der Waals surface area contributed by atoms with Gasteiger partial charge in [-0.05, 0) is 23.8 Å². The van der Waals surface area contributed by atoms with Crippen molar-refractivity contribution >= 4 is 11.8 Å². The predicted octanol–water partition coefficient (Wildman–Crippen LogP) is 3.21. The molecule has 0 aliphatic carbocycles. The number of ether oxygens (including phenoxy) is 1. The maximum absolute atomic E-state index is 12.0. The third-order valence-electron chi connectivity index (χ3n) is 2.32. The van der Waals surface area contributed by atoms with Crippen LogP contribution in [0.4, 0.5) is 8.78 Å². The first-order chi connectivity index (χ1) is 9.15. The van der Waals surface area contributed by atoms with Crippen LogP contribution in [0, 0.1) is 5.21 Å². The summed E-state index contributed by atoms with van der Waals surface area (Å²) in [5, 5.41) is 12.0. The van der Waals surface area contributed by atoms with E-state index < -0.39 is 6.61 Å². The van der Waals surface area contributed by atoms with Crippen molar-refractivity contribution in [2.75, 3.05) is 0 Å². The van der Waals surface area contributed by atoms with Crippen LogP contribution in [-0.2, 0) is 5.75 Å². The minimum atomic E-state index is -2.82. The molecule has 0 saturated heterocycles. The summed E-state index contributed by atoms with van der Waals surface area (Å²) >= 11 is 1.38. The van der Waals surface area contributed by atoms with Gasteiger partial charge in [-0.15, -0.1) is 0 Å². The number of nitrogens with zero attached hydrogens (tertiary/aromatic N) is 1. The van der Waals surface area contributed by atoms with Gasteiger partial charge in [0.1, 0.15) is 5.75 Å². The predicted molar refractivity (Wildman–Crippen MR) is 68.0 cm³/mol. The molecular formula is C13H11F2NO2S. The summed E-state index contributed by atoms with van der Waals surface area (Å²) in [4.78, 5) is 0. The molecule has 0 atom stereocenters. The Hall–Kier alpha value is -1.82. The molecule has 2 aromatic rings. The number of pyridine rings is 1. The third kappa shape index (κ3) is 4.10. The Labute approximate surface area is 113 Å². The van der Waals surface area contributed by atoms with Gasteiger partial charge < -0.3 is 9.94 Å². The summed E-state index contributed by atoms with van der Waals surface area (Å²) in [5.74, 6) is 0.712. The number of thioether (sulfide) groups is 1. The Balaban J connectivity index is 1.95. The second-order valence-electron chi connectivity index (χ2n) is 3.68. The highest BCUT2D eigenvalue weighted by Gasteiger charge is 2.06. The SMILES string of the molecule is [O-][n+]1ccccc1SCc1ccc(OC(F)F)cc1. The van der Waals surface area contributed by atoms with Crippen LogP contribution in [0.2, 0.25) is 0 Å². The molecule has 0 N–H and O–H groups in total. The van der Waals surface area contributed by atoms with Gasteiger partial charge in [0.25, 0.3) is 5.03 Å². The first kappa shape index (κ1) is 13.6. The molecule has 0 unspecified atom stereocenters. The van der Waals surface area contributed by atoms with Crippen molar-refractivity contribution in [1.29, 1.82) is 0 Å². The molecule has 6 heteroatoms. The first-order valence-electron chi connectivity index (χ1n) is 5.50. The van der Waals surface area contributed by atoms with Crippen LogP contribution in [0.25, 0.3) is 0 Å². The smallest absolute Gasteiger partial charge is 0.387 e. The van der Waals surface area contributed by atoms with Crippen molar-refractivity contribution in [3.63, 3.8) is 0 Å². The second-order valence-corrected chi connectivity index (χ2v) is 4.67. The van der Waals surface area contributed by atoms with E-state index in [1.165, 1.54) is 30.1 Å². The molecule has 2 rings (SSSR count). The first-order valence-corrected chi connectivity index (χ1v) is 6.48. The summed E-state index contributed by atoms with van der Waals surface area (Å²) in [6, 6.07) is 11.5. The molecule has 3 nitrogen and oxygen atoms in total. The zero-order valence-corrected chi connectivity index (χ0v) is 10.6. The molecule has 1 heterocycles. The zero-order chi connectivity index (χ0) is 13.7. The Bertz CT molecular complexity index is 534. The van der Waals surface area contributed by atoms with Gasteiger partial charge >= 0.3 is 6.61 Å². The molecule has 0 radical (unpaired) electrons. The third-order valence-corrected chi connectivity index (χ3v) is 3.41. The lowest BCUT2D eigenvalue weighted by atomic mass is 10.2. The maximum Gasteiger partial charge on any atom is 0.387 e. The minimum absolute atomic E-state index is 0.127. The van der Waals surface area contributed by atoms with Crippen molar-refractivity contribution in [3.05, 3.63) is 59.4 Å². The zero-order valence-electron chi connectivity index (χ0n) is 9.83. The molecule has 0 saturated carbocycles. The lowest BCUT2D eigenvalue weighted by Gasteiger charge is -2.06. The molecule has 0 fully saturated rings. The summed E-state index contributed by atoms with van der Waals surface area (Å²) in [6.45, 7) is -2.82. The van der Waals surface area contributed by atoms with Crippen LogP contribution in [0.1, 0.15) is 5.56 Å². The van der Waals surface area contributed by atoms with E-state index in [2.05, 4.69) is 4.74 Å². The van der Waals surface area contributed by atoms with Gasteiger partial charge in [0.15, 0.2) is 6.20 Å². The van der Waals surface area contributed by atoms with Gasteiger partial charge in [0.05, 0.1) is 0 Å². The molecule has 0 aliphatic heterocycles. The summed E-state index contributed by atoms with van der Waals surface area (Å²) in [5.41, 5.74) is 0.926. The van der Waals surface area contributed by atoms with E-state index >= 15 is 0 Å². The fraction of sp³-hybridized carbons (Fsp3) is 0.154. The van der Waals surface area contributed by atoms with Crippen molar-refractivity contribution in [3.8, 4) is 5.75 Å². The van der Waals surface area contributed by atoms with E-state index in [1.54, 1.807) is 30.3 Å². The van der Waals surface area contributed by atoms with Gasteiger partial charge in [0.2, 0.25) is 0 Å². The summed E-state index contributed by atoms with van der Waals surface area (Å²) < 4.78 is 29.0. The normalized spacial score (nSPS) is 10.7. The van der Waals surface area contributed by atoms with Crippen LogP contribution >= 0.6 is 11.8 Å². The Kier molecular flexibility index (Phi) is 4.57. The standard InChI is InChI=1S/C13H11F2NO2S/c14-13(15)18-11-6-4-10(5-7-11)9-19-12-3-1-2-8-16(12)17/h1-8,13H,9H2. The Morgan fingerprint density at radius 2 is 1.89 bits per heavy atom. The highest BCUT2D eigenvalue weighted by molar-refractivity contribution is 7.98. The van der Waals surface area contributed by atoms with Crippen LogP contribution in [0.15, 0.2) is 53.7 Å². The van der Waals surface area contributed by atoms with Gasteiger partial charge in [-0.1, -0.05) is 23.9 Å². The van der Waals surface area contributed by atoms with E-state index in [4.69, 9.17) is 0 Å². The van der Waals surface area contributed by atoms with Crippen LogP contribution in [-0.4, -0.2) is 6.61 Å². The van der Waals surface area contributed by atoms with Crippen molar-refractivity contribution < 1.29 is 18.2 Å². The lowest BCUT2D eigenvalue weighted by molar-refractivity contribution is -0.645. The number of hydrogen-bond acceptors (Lipinski definition) is 3. The second kappa shape index (κ2) is 6.38. The number of hydrogen-bond donors (Lipinski definition) is 0. The van der Waals surface area contributed by atoms with E-state index in [0.717, 1.165) is 10.3 Å². The molecule has 1 aromatic carbocycles. The number of benzene rings is 1. The fourth-order valence-electron chi connectivity index (χ4n) is 1.45. The van der Waals surface area contributed by atoms with E-state index in [0.29, 0.717) is 10.8 Å². The quantitative estimate of drug-likeness (QED) is 0.480. The van der Waals surface area contributed by atoms with Gasteiger partial charge in [-0.25, -0.2) is 0 Å². The Morgan fingerprint density at radius 1 is 1.16 bits per heavy atom. The van der Waals surface area contributed by atoms with E-state index in [-0.39, 0.29) is 5.75 Å². The van der Waals surface area contributed by atoms with Gasteiger partial charge in [0, 0.05) is 17.9 Å². The average Bonchev–Trinajstić information content (AvgIpc) is 2.39. The monoisotopic (exact) mass is 283 g/mol. The average molecular weight is 283 g/mol. The number of alkyl halides is 2. The molecule has 19 heavy (non-hydrogen) atoms. The molecular weight excluding hydrogens is 272 g/mol. The highest BCUT2D eigenvalue weighted by atomic mass is 32.2. The fourth-order valence-corrected chi connectivity index (χ4v) is 2.32. The molecule has 100 valence electrons. The molecule has 0 amide bonds. The summed E-state index contributed by atoms with van der Waals surface area (Å²) in [7, 11) is 0. The van der Waals surface area contributed by atoms with E-state index in [9.17, 15) is 14.0 Å². The molecule has 1 aromatic heterocycles. The number of halogens is 2. The highest BCUT2D eigenvalue weighted by Crippen LogP contribution is 2.21.